The summed E-state index contributed by atoms with van der Waals surface area (Å²) in [5, 5.41) is 9.75. The van der Waals surface area contributed by atoms with Crippen molar-refractivity contribution in [2.75, 3.05) is 9.80 Å². The Morgan fingerprint density at radius 3 is 1.15 bits per heavy atom. The molecule has 0 saturated heterocycles. The van der Waals surface area contributed by atoms with Crippen molar-refractivity contribution in [2.24, 2.45) is 0 Å². The van der Waals surface area contributed by atoms with Gasteiger partial charge in [-0.15, -0.1) is 0 Å². The summed E-state index contributed by atoms with van der Waals surface area (Å²) in [6.45, 7) is 35.3. The maximum Gasteiger partial charge on any atom is 0.252 e. The van der Waals surface area contributed by atoms with Crippen LogP contribution in [0.5, 0.6) is 0 Å². The molecule has 4 heterocycles. The van der Waals surface area contributed by atoms with Crippen LogP contribution in [0.3, 0.4) is 0 Å². The molecule has 0 unspecified atom stereocenters. The largest absolute Gasteiger partial charge is 0.311 e. The third kappa shape index (κ3) is 9.91. The van der Waals surface area contributed by atoms with Gasteiger partial charge in [0.25, 0.3) is 6.71 Å². The highest BCUT2D eigenvalue weighted by Crippen LogP contribution is 2.52. The second-order valence-corrected chi connectivity index (χ2v) is 32.6. The fourth-order valence-corrected chi connectivity index (χ4v) is 15.7. The van der Waals surface area contributed by atoms with Crippen molar-refractivity contribution in [2.45, 2.75) is 131 Å². The molecule has 0 N–H and O–H groups in total. The number of nitrogens with zero attached hydrogens (tertiary/aromatic N) is 3. The Labute approximate surface area is 568 Å². The minimum absolute atomic E-state index is 0.0798. The molecular weight excluding hydrogens is 1160 g/mol. The van der Waals surface area contributed by atoms with Crippen molar-refractivity contribution < 1.29 is 0 Å². The van der Waals surface area contributed by atoms with Gasteiger partial charge in [-0.25, -0.2) is 0 Å². The van der Waals surface area contributed by atoms with Crippen LogP contribution < -0.4 is 26.2 Å². The van der Waals surface area contributed by atoms with Gasteiger partial charge in [0.15, 0.2) is 0 Å². The third-order valence-corrected chi connectivity index (χ3v) is 21.1. The van der Waals surface area contributed by atoms with Crippen LogP contribution in [0.1, 0.15) is 132 Å². The van der Waals surface area contributed by atoms with E-state index in [1.807, 2.05) is 0 Å². The molecule has 0 radical (unpaired) electrons. The van der Waals surface area contributed by atoms with Gasteiger partial charge in [-0.1, -0.05) is 310 Å². The Kier molecular flexibility index (Phi) is 13.9. The highest BCUT2D eigenvalue weighted by molar-refractivity contribution is 7.00. The van der Waals surface area contributed by atoms with E-state index in [1.165, 1.54) is 149 Å². The van der Waals surface area contributed by atoms with Crippen LogP contribution in [0.2, 0.25) is 0 Å². The molecule has 4 heteroatoms. The predicted molar refractivity (Wildman–Crippen MR) is 418 cm³/mol. The van der Waals surface area contributed by atoms with Gasteiger partial charge in [-0.3, -0.25) is 0 Å². The maximum absolute atomic E-state index is 2.72. The molecule has 0 bridgehead atoms. The first-order chi connectivity index (χ1) is 45.8. The van der Waals surface area contributed by atoms with Crippen LogP contribution in [-0.2, 0) is 27.1 Å². The van der Waals surface area contributed by atoms with Crippen molar-refractivity contribution in [1.29, 1.82) is 0 Å². The van der Waals surface area contributed by atoms with Crippen LogP contribution in [-0.4, -0.2) is 11.1 Å². The van der Waals surface area contributed by atoms with Gasteiger partial charge in [0.2, 0.25) is 0 Å². The molecule has 0 aliphatic carbocycles. The molecule has 0 fully saturated rings. The first kappa shape index (κ1) is 61.0. The lowest BCUT2D eigenvalue weighted by molar-refractivity contribution is 0.568. The molecule has 2 aliphatic rings. The number of hydrogen-bond donors (Lipinski definition) is 0. The second-order valence-electron chi connectivity index (χ2n) is 32.6. The first-order valence-corrected chi connectivity index (χ1v) is 34.7. The van der Waals surface area contributed by atoms with Gasteiger partial charge < -0.3 is 14.2 Å². The van der Waals surface area contributed by atoms with E-state index in [1.54, 1.807) is 0 Å². The summed E-state index contributed by atoms with van der Waals surface area (Å²) < 4.78 is 2.63. The zero-order chi connectivity index (χ0) is 66.7. The fraction of sp³-hybridized carbons (Fsp3) is 0.217. The van der Waals surface area contributed by atoms with E-state index in [4.69, 9.17) is 0 Å². The molecule has 16 rings (SSSR count). The third-order valence-electron chi connectivity index (χ3n) is 21.1. The maximum atomic E-state index is 2.72. The van der Waals surface area contributed by atoms with Gasteiger partial charge in [0.05, 0.1) is 27.9 Å². The summed E-state index contributed by atoms with van der Waals surface area (Å²) in [5.74, 6) is 0. The zero-order valence-corrected chi connectivity index (χ0v) is 58.6. The fourth-order valence-electron chi connectivity index (χ4n) is 15.7. The topological polar surface area (TPSA) is 10.9 Å². The highest BCUT2D eigenvalue weighted by atomic mass is 15.2. The number of rotatable bonds is 5. The summed E-state index contributed by atoms with van der Waals surface area (Å²) in [7, 11) is 0. The number of hydrogen-bond acceptors (Lipinski definition) is 2. The molecular formula is C92H86BN3. The summed E-state index contributed by atoms with van der Waals surface area (Å²) in [5.41, 5.74) is 27.5. The minimum Gasteiger partial charge on any atom is -0.311 e. The molecule has 14 aromatic rings. The van der Waals surface area contributed by atoms with E-state index in [-0.39, 0.29) is 33.8 Å². The Balaban J connectivity index is 1.12. The van der Waals surface area contributed by atoms with E-state index < -0.39 is 0 Å². The quantitative estimate of drug-likeness (QED) is 0.159. The van der Waals surface area contributed by atoms with E-state index in [2.05, 4.69) is 367 Å². The van der Waals surface area contributed by atoms with Gasteiger partial charge >= 0.3 is 0 Å². The Morgan fingerprint density at radius 1 is 0.240 bits per heavy atom. The predicted octanol–water partition coefficient (Wildman–Crippen LogP) is 23.8. The number of anilines is 6. The lowest BCUT2D eigenvalue weighted by Crippen LogP contribution is -2.61. The van der Waals surface area contributed by atoms with Crippen LogP contribution in [0.4, 0.5) is 34.1 Å². The number of aromatic nitrogens is 1. The molecule has 3 nitrogen and oxygen atoms in total. The number of benzene rings is 12. The van der Waals surface area contributed by atoms with Crippen molar-refractivity contribution in [3.05, 3.63) is 277 Å². The first-order valence-electron chi connectivity index (χ1n) is 34.7. The molecule has 96 heavy (non-hydrogen) atoms. The monoisotopic (exact) mass is 1240 g/mol. The molecule has 0 saturated carbocycles. The van der Waals surface area contributed by atoms with Crippen LogP contribution in [0, 0.1) is 0 Å². The second kappa shape index (κ2) is 21.8. The molecule has 0 atom stereocenters. The molecule has 2 aliphatic heterocycles. The molecule has 12 aromatic carbocycles. The van der Waals surface area contributed by atoms with Crippen molar-refractivity contribution in [1.82, 2.24) is 4.40 Å². The summed E-state index contributed by atoms with van der Waals surface area (Å²) in [6, 6.07) is 96.7. The van der Waals surface area contributed by atoms with E-state index in [9.17, 15) is 0 Å². The summed E-state index contributed by atoms with van der Waals surface area (Å²) in [4.78, 5) is 5.39. The standard InChI is InChI=1S/C92H86BN3/c1-88(2,3)61-46-59(47-62(51-61)89(4,5)6)66-32-23-26-41-78(66)94-81-45-44-58(57-30-17-16-18-31-57)50-76(81)93-77-55-75-71-37-22-20-35-69(71)68-34-19-21-36-70(68)73-39-29-40-74-72-38-25-28-43-80(72)96(87(73)74)82(75)56-83(77)95(85-54-65(92(13,14)15)53-84(94)86(85)93)79-42-27-24-33-67(79)60-48-63(90(7,8)9)52-64(49-60)91(10,11)12/h16-56H,1-15H3. The molecule has 2 aromatic heterocycles. The normalized spacial score (nSPS) is 13.5. The van der Waals surface area contributed by atoms with E-state index in [0.717, 1.165) is 22.6 Å². The molecule has 472 valence electrons. The van der Waals surface area contributed by atoms with Crippen molar-refractivity contribution >= 4 is 117 Å². The average molecular weight is 1240 g/mol. The Hall–Kier alpha value is -9.90. The number of para-hydroxylation sites is 4. The van der Waals surface area contributed by atoms with Crippen LogP contribution in [0.25, 0.3) is 93.0 Å². The zero-order valence-electron chi connectivity index (χ0n) is 58.6. The molecule has 0 spiro atoms. The lowest BCUT2D eigenvalue weighted by Gasteiger charge is -2.46. The SMILES string of the molecule is CC(C)(C)c1cc(-c2ccccc2N2c3ccc(-c4ccccc4)cc3B3c4cc5c6ccccc6c6ccccc6c6cccc7c8ccccc8n(c5cc4N(c4ccccc4-c4cc(C(C)(C)C)cc(C(C)(C)C)c4)c4cc(C(C)(C)C)cc2c43)c67)cc(C(C)(C)C)c1. The van der Waals surface area contributed by atoms with Crippen molar-refractivity contribution in [3.8, 4) is 33.4 Å². The highest BCUT2D eigenvalue weighted by Gasteiger charge is 2.46. The van der Waals surface area contributed by atoms with Gasteiger partial charge in [-0.2, -0.15) is 0 Å². The van der Waals surface area contributed by atoms with Crippen molar-refractivity contribution in [3.63, 3.8) is 0 Å². The smallest absolute Gasteiger partial charge is 0.252 e. The average Bonchev–Trinajstić information content (AvgIpc) is 0.922. The lowest BCUT2D eigenvalue weighted by atomic mass is 9.33. The minimum atomic E-state index is -0.261. The summed E-state index contributed by atoms with van der Waals surface area (Å²) in [6.07, 6.45) is 0. The van der Waals surface area contributed by atoms with Crippen LogP contribution in [0.15, 0.2) is 249 Å². The van der Waals surface area contributed by atoms with Gasteiger partial charge in [0.1, 0.15) is 0 Å². The van der Waals surface area contributed by atoms with Gasteiger partial charge in [-0.05, 0) is 158 Å². The summed E-state index contributed by atoms with van der Waals surface area (Å²) >= 11 is 0. The number of fused-ring (bicyclic) bond motifs is 14. The Bertz CT molecular complexity index is 5510. The Morgan fingerprint density at radius 2 is 0.635 bits per heavy atom. The van der Waals surface area contributed by atoms with Gasteiger partial charge in [0, 0.05) is 55.4 Å². The molecule has 0 amide bonds. The van der Waals surface area contributed by atoms with E-state index >= 15 is 0 Å². The van der Waals surface area contributed by atoms with E-state index in [0.29, 0.717) is 0 Å². The van der Waals surface area contributed by atoms with Crippen LogP contribution >= 0.6 is 0 Å².